The second-order valence-corrected chi connectivity index (χ2v) is 6.13. The number of benzene rings is 2. The van der Waals surface area contributed by atoms with Crippen LogP contribution in [0.15, 0.2) is 54.6 Å². The van der Waals surface area contributed by atoms with Crippen molar-refractivity contribution >= 4 is 17.5 Å². The average molecular weight is 300 g/mol. The number of carbonyl (C=O) groups excluding carboxylic acids is 1. The Kier molecular flexibility index (Phi) is 3.73. The molecule has 0 radical (unpaired) electrons. The topological polar surface area (TPSA) is 29.1 Å². The van der Waals surface area contributed by atoms with Gasteiger partial charge in [-0.25, -0.2) is 0 Å². The van der Waals surface area contributed by atoms with E-state index in [1.54, 1.807) is 0 Å². The summed E-state index contributed by atoms with van der Waals surface area (Å²) in [5.41, 5.74) is 1.83. The van der Waals surface area contributed by atoms with Crippen molar-refractivity contribution in [3.8, 4) is 0 Å². The molecule has 1 amide bonds. The molecule has 0 bridgehead atoms. The third kappa shape index (κ3) is 2.81. The van der Waals surface area contributed by atoms with E-state index in [0.29, 0.717) is 5.02 Å². The molecule has 0 aliphatic heterocycles. The molecule has 108 valence electrons. The summed E-state index contributed by atoms with van der Waals surface area (Å²) in [7, 11) is 0. The molecule has 0 spiro atoms. The second kappa shape index (κ2) is 5.53. The Morgan fingerprint density at radius 1 is 1.10 bits per heavy atom. The summed E-state index contributed by atoms with van der Waals surface area (Å²) in [5, 5.41) is 3.84. The summed E-state index contributed by atoms with van der Waals surface area (Å²) in [4.78, 5) is 12.7. The maximum Gasteiger partial charge on any atom is 0.231 e. The third-order valence-corrected chi connectivity index (χ3v) is 4.48. The third-order valence-electron chi connectivity index (χ3n) is 4.23. The van der Waals surface area contributed by atoms with Crippen LogP contribution in [0.5, 0.6) is 0 Å². The van der Waals surface area contributed by atoms with E-state index in [2.05, 4.69) is 5.32 Å². The van der Waals surface area contributed by atoms with Crippen LogP contribution < -0.4 is 5.32 Å². The van der Waals surface area contributed by atoms with Crippen LogP contribution in [0, 0.1) is 0 Å². The largest absolute Gasteiger partial charge is 0.349 e. The molecule has 21 heavy (non-hydrogen) atoms. The van der Waals surface area contributed by atoms with E-state index in [1.807, 2.05) is 61.5 Å². The molecule has 1 aliphatic carbocycles. The molecular weight excluding hydrogens is 282 g/mol. The quantitative estimate of drug-likeness (QED) is 0.898. The van der Waals surface area contributed by atoms with E-state index in [9.17, 15) is 4.79 Å². The Labute approximate surface area is 130 Å². The van der Waals surface area contributed by atoms with Gasteiger partial charge in [0.2, 0.25) is 5.91 Å². The summed E-state index contributed by atoms with van der Waals surface area (Å²) in [6.07, 6.45) is 1.81. The zero-order valence-electron chi connectivity index (χ0n) is 12.0. The van der Waals surface area contributed by atoms with Gasteiger partial charge in [-0.05, 0) is 43.0 Å². The fourth-order valence-corrected chi connectivity index (χ4v) is 2.83. The first kappa shape index (κ1) is 14.2. The smallest absolute Gasteiger partial charge is 0.231 e. The van der Waals surface area contributed by atoms with Crippen molar-refractivity contribution in [2.45, 2.75) is 31.2 Å². The van der Waals surface area contributed by atoms with Gasteiger partial charge < -0.3 is 5.32 Å². The van der Waals surface area contributed by atoms with Gasteiger partial charge in [0.1, 0.15) is 0 Å². The highest BCUT2D eigenvalue weighted by Crippen LogP contribution is 2.48. The van der Waals surface area contributed by atoms with Gasteiger partial charge in [-0.3, -0.25) is 4.79 Å². The van der Waals surface area contributed by atoms with E-state index in [-0.39, 0.29) is 17.4 Å². The van der Waals surface area contributed by atoms with Crippen LogP contribution in [0.25, 0.3) is 0 Å². The maximum absolute atomic E-state index is 12.7. The van der Waals surface area contributed by atoms with E-state index >= 15 is 0 Å². The zero-order valence-corrected chi connectivity index (χ0v) is 12.7. The van der Waals surface area contributed by atoms with E-state index in [0.717, 1.165) is 24.0 Å². The first-order chi connectivity index (χ1) is 10.1. The lowest BCUT2D eigenvalue weighted by molar-refractivity contribution is -0.124. The van der Waals surface area contributed by atoms with Gasteiger partial charge in [-0.2, -0.15) is 0 Å². The lowest BCUT2D eigenvalue weighted by atomic mass is 9.94. The molecule has 1 aliphatic rings. The SMILES string of the molecule is C[C@H](NC(=O)C1(c2ccc(Cl)cc2)CC1)c1ccccc1. The summed E-state index contributed by atoms with van der Waals surface area (Å²) >= 11 is 5.93. The lowest BCUT2D eigenvalue weighted by Crippen LogP contribution is -2.36. The second-order valence-electron chi connectivity index (χ2n) is 5.69. The molecule has 0 heterocycles. The van der Waals surface area contributed by atoms with Crippen molar-refractivity contribution in [1.29, 1.82) is 0 Å². The van der Waals surface area contributed by atoms with Gasteiger partial charge in [-0.1, -0.05) is 54.1 Å². The Balaban J connectivity index is 1.75. The summed E-state index contributed by atoms with van der Waals surface area (Å²) in [5.74, 6) is 0.112. The van der Waals surface area contributed by atoms with Crippen molar-refractivity contribution in [3.63, 3.8) is 0 Å². The minimum atomic E-state index is -0.354. The van der Waals surface area contributed by atoms with Crippen LogP contribution in [0.4, 0.5) is 0 Å². The first-order valence-corrected chi connectivity index (χ1v) is 7.61. The maximum atomic E-state index is 12.7. The molecule has 1 saturated carbocycles. The monoisotopic (exact) mass is 299 g/mol. The highest BCUT2D eigenvalue weighted by Gasteiger charge is 2.51. The Morgan fingerprint density at radius 2 is 1.71 bits per heavy atom. The molecule has 1 N–H and O–H groups in total. The predicted molar refractivity (Wildman–Crippen MR) is 85.4 cm³/mol. The Bertz CT molecular complexity index is 632. The molecule has 0 saturated heterocycles. The van der Waals surface area contributed by atoms with Crippen LogP contribution in [0.3, 0.4) is 0 Å². The van der Waals surface area contributed by atoms with Crippen molar-refractivity contribution in [2.24, 2.45) is 0 Å². The summed E-state index contributed by atoms with van der Waals surface area (Å²) < 4.78 is 0. The van der Waals surface area contributed by atoms with Crippen molar-refractivity contribution in [3.05, 3.63) is 70.7 Å². The molecule has 3 rings (SSSR count). The van der Waals surface area contributed by atoms with Crippen LogP contribution >= 0.6 is 11.6 Å². The van der Waals surface area contributed by atoms with Crippen molar-refractivity contribution in [2.75, 3.05) is 0 Å². The molecule has 1 fully saturated rings. The number of hydrogen-bond donors (Lipinski definition) is 1. The number of amides is 1. The van der Waals surface area contributed by atoms with Crippen molar-refractivity contribution < 1.29 is 4.79 Å². The van der Waals surface area contributed by atoms with Gasteiger partial charge in [0.25, 0.3) is 0 Å². The minimum absolute atomic E-state index is 0.0171. The lowest BCUT2D eigenvalue weighted by Gasteiger charge is -2.20. The standard InChI is InChI=1S/C18H18ClNO/c1-13(14-5-3-2-4-6-14)20-17(21)18(11-12-18)15-7-9-16(19)10-8-15/h2-10,13H,11-12H2,1H3,(H,20,21)/t13-/m0/s1. The molecule has 2 nitrogen and oxygen atoms in total. The number of hydrogen-bond acceptors (Lipinski definition) is 1. The van der Waals surface area contributed by atoms with Gasteiger partial charge in [0, 0.05) is 5.02 Å². The normalized spacial score (nSPS) is 17.0. The summed E-state index contributed by atoms with van der Waals surface area (Å²) in [6, 6.07) is 17.7. The highest BCUT2D eigenvalue weighted by molar-refractivity contribution is 6.30. The average Bonchev–Trinajstić information content (AvgIpc) is 3.30. The fraction of sp³-hybridized carbons (Fsp3) is 0.278. The predicted octanol–water partition coefficient (Wildman–Crippen LogP) is 4.25. The van der Waals surface area contributed by atoms with Crippen LogP contribution in [-0.2, 0) is 10.2 Å². The summed E-state index contributed by atoms with van der Waals surface area (Å²) in [6.45, 7) is 2.02. The number of carbonyl (C=O) groups is 1. The first-order valence-electron chi connectivity index (χ1n) is 7.24. The van der Waals surface area contributed by atoms with Gasteiger partial charge in [-0.15, -0.1) is 0 Å². The van der Waals surface area contributed by atoms with E-state index in [1.165, 1.54) is 0 Å². The molecule has 1 atom stereocenters. The van der Waals surface area contributed by atoms with Gasteiger partial charge in [0.05, 0.1) is 11.5 Å². The minimum Gasteiger partial charge on any atom is -0.349 e. The Morgan fingerprint density at radius 3 is 2.29 bits per heavy atom. The van der Waals surface area contributed by atoms with E-state index < -0.39 is 0 Å². The number of nitrogens with one attached hydrogen (secondary N) is 1. The van der Waals surface area contributed by atoms with Crippen molar-refractivity contribution in [1.82, 2.24) is 5.32 Å². The highest BCUT2D eigenvalue weighted by atomic mass is 35.5. The molecular formula is C18H18ClNO. The number of rotatable bonds is 4. The molecule has 0 aromatic heterocycles. The Hall–Kier alpha value is -1.80. The fourth-order valence-electron chi connectivity index (χ4n) is 2.70. The molecule has 3 heteroatoms. The van der Waals surface area contributed by atoms with Gasteiger partial charge in [0.15, 0.2) is 0 Å². The van der Waals surface area contributed by atoms with E-state index in [4.69, 9.17) is 11.6 Å². The van der Waals surface area contributed by atoms with Crippen LogP contribution in [-0.4, -0.2) is 5.91 Å². The molecule has 0 unspecified atom stereocenters. The van der Waals surface area contributed by atoms with Crippen LogP contribution in [0.1, 0.15) is 36.9 Å². The zero-order chi connectivity index (χ0) is 14.9. The van der Waals surface area contributed by atoms with Gasteiger partial charge >= 0.3 is 0 Å². The van der Waals surface area contributed by atoms with Crippen LogP contribution in [0.2, 0.25) is 5.02 Å². The molecule has 2 aromatic rings. The number of halogens is 1. The molecule has 2 aromatic carbocycles.